The van der Waals surface area contributed by atoms with Gasteiger partial charge in [0, 0.05) is 18.7 Å². The van der Waals surface area contributed by atoms with Gasteiger partial charge in [0.25, 0.3) is 5.91 Å². The molecule has 0 radical (unpaired) electrons. The van der Waals surface area contributed by atoms with Crippen LogP contribution in [0.5, 0.6) is 17.2 Å². The Bertz CT molecular complexity index is 572. The minimum Gasteiger partial charge on any atom is -0.493 e. The molecule has 1 N–H and O–H groups in total. The van der Waals surface area contributed by atoms with Crippen LogP contribution in [-0.2, 0) is 4.79 Å². The maximum absolute atomic E-state index is 12.3. The van der Waals surface area contributed by atoms with Crippen LogP contribution in [0, 0.1) is 0 Å². The van der Waals surface area contributed by atoms with Gasteiger partial charge in [-0.2, -0.15) is 0 Å². The highest BCUT2D eigenvalue weighted by molar-refractivity contribution is 5.97. The first-order valence-corrected chi connectivity index (χ1v) is 7.96. The minimum absolute atomic E-state index is 0.0184. The average Bonchev–Trinajstić information content (AvgIpc) is 2.65. The summed E-state index contributed by atoms with van der Waals surface area (Å²) in [6, 6.07) is 3.12. The van der Waals surface area contributed by atoms with Crippen molar-refractivity contribution in [3.8, 4) is 17.2 Å². The minimum atomic E-state index is -0.361. The van der Waals surface area contributed by atoms with Crippen molar-refractivity contribution in [2.75, 3.05) is 41.0 Å². The first-order valence-electron chi connectivity index (χ1n) is 7.96. The molecule has 2 rings (SSSR count). The lowest BCUT2D eigenvalue weighted by molar-refractivity contribution is -0.130. The predicted molar refractivity (Wildman–Crippen MR) is 88.9 cm³/mol. The molecule has 0 unspecified atom stereocenters. The van der Waals surface area contributed by atoms with Crippen LogP contribution >= 0.6 is 0 Å². The number of hydrogen-bond donors (Lipinski definition) is 1. The number of benzene rings is 1. The molecule has 0 aromatic heterocycles. The fourth-order valence-electron chi connectivity index (χ4n) is 2.73. The fraction of sp³-hybridized carbons (Fsp3) is 0.529. The van der Waals surface area contributed by atoms with Crippen LogP contribution in [0.1, 0.15) is 29.6 Å². The summed E-state index contributed by atoms with van der Waals surface area (Å²) in [4.78, 5) is 26.2. The topological polar surface area (TPSA) is 77.1 Å². The van der Waals surface area contributed by atoms with Crippen molar-refractivity contribution >= 4 is 11.8 Å². The fourth-order valence-corrected chi connectivity index (χ4v) is 2.73. The van der Waals surface area contributed by atoms with Gasteiger partial charge in [-0.1, -0.05) is 0 Å². The largest absolute Gasteiger partial charge is 0.493 e. The zero-order valence-electron chi connectivity index (χ0n) is 14.4. The summed E-state index contributed by atoms with van der Waals surface area (Å²) in [5, 5.41) is 2.65. The smallest absolute Gasteiger partial charge is 0.251 e. The first kappa shape index (κ1) is 17.9. The summed E-state index contributed by atoms with van der Waals surface area (Å²) >= 11 is 0. The Hall–Kier alpha value is -2.44. The van der Waals surface area contributed by atoms with Crippen molar-refractivity contribution in [1.29, 1.82) is 0 Å². The molecule has 1 fully saturated rings. The van der Waals surface area contributed by atoms with Crippen molar-refractivity contribution in [2.45, 2.75) is 19.3 Å². The Morgan fingerprint density at radius 2 is 1.58 bits per heavy atom. The van der Waals surface area contributed by atoms with E-state index in [4.69, 9.17) is 14.2 Å². The number of likely N-dealkylation sites (tertiary alicyclic amines) is 1. The highest BCUT2D eigenvalue weighted by atomic mass is 16.5. The number of piperidine rings is 1. The number of nitrogens with zero attached hydrogens (tertiary/aromatic N) is 1. The highest BCUT2D eigenvalue weighted by Gasteiger charge is 2.19. The molecule has 0 spiro atoms. The molecule has 24 heavy (non-hydrogen) atoms. The van der Waals surface area contributed by atoms with Gasteiger partial charge in [-0.05, 0) is 31.4 Å². The maximum atomic E-state index is 12.3. The standard InChI is InChI=1S/C17H24N2O5/c1-22-13-9-12(10-14(23-2)16(13)24-3)17(21)18-11-15(20)19-7-5-4-6-8-19/h9-10H,4-8,11H2,1-3H3,(H,18,21). The molecule has 1 aliphatic rings. The summed E-state index contributed by atoms with van der Waals surface area (Å²) < 4.78 is 15.7. The zero-order valence-corrected chi connectivity index (χ0v) is 14.4. The van der Waals surface area contributed by atoms with E-state index in [2.05, 4.69) is 5.32 Å². The predicted octanol–water partition coefficient (Wildman–Crippen LogP) is 1.45. The zero-order chi connectivity index (χ0) is 17.5. The molecular weight excluding hydrogens is 312 g/mol. The maximum Gasteiger partial charge on any atom is 0.251 e. The molecule has 1 aromatic carbocycles. The van der Waals surface area contributed by atoms with E-state index in [0.29, 0.717) is 22.8 Å². The SMILES string of the molecule is COc1cc(C(=O)NCC(=O)N2CCCCC2)cc(OC)c1OC. The second-order valence-electron chi connectivity index (χ2n) is 5.54. The molecule has 7 heteroatoms. The number of methoxy groups -OCH3 is 3. The van der Waals surface area contributed by atoms with Crippen LogP contribution in [0.3, 0.4) is 0 Å². The Balaban J connectivity index is 2.05. The number of carbonyl (C=O) groups excluding carboxylic acids is 2. The third-order valence-corrected chi connectivity index (χ3v) is 4.04. The van der Waals surface area contributed by atoms with E-state index < -0.39 is 0 Å². The van der Waals surface area contributed by atoms with Gasteiger partial charge >= 0.3 is 0 Å². The van der Waals surface area contributed by atoms with Gasteiger partial charge in [0.1, 0.15) is 0 Å². The van der Waals surface area contributed by atoms with Crippen LogP contribution in [0.2, 0.25) is 0 Å². The molecule has 0 saturated carbocycles. The number of nitrogens with one attached hydrogen (secondary N) is 1. The normalized spacial score (nSPS) is 14.0. The summed E-state index contributed by atoms with van der Waals surface area (Å²) in [7, 11) is 4.47. The Labute approximate surface area is 141 Å². The van der Waals surface area contributed by atoms with E-state index in [1.54, 1.807) is 17.0 Å². The van der Waals surface area contributed by atoms with Crippen LogP contribution in [-0.4, -0.2) is 57.7 Å². The van der Waals surface area contributed by atoms with Crippen LogP contribution in [0.4, 0.5) is 0 Å². The van der Waals surface area contributed by atoms with Gasteiger partial charge in [0.05, 0.1) is 27.9 Å². The lowest BCUT2D eigenvalue weighted by Crippen LogP contribution is -2.42. The van der Waals surface area contributed by atoms with Gasteiger partial charge in [-0.25, -0.2) is 0 Å². The Morgan fingerprint density at radius 1 is 1.00 bits per heavy atom. The van der Waals surface area contributed by atoms with Gasteiger partial charge in [0.15, 0.2) is 11.5 Å². The molecule has 1 saturated heterocycles. The van der Waals surface area contributed by atoms with E-state index in [0.717, 1.165) is 32.4 Å². The molecule has 0 atom stereocenters. The van der Waals surface area contributed by atoms with E-state index in [9.17, 15) is 9.59 Å². The molecule has 0 bridgehead atoms. The van der Waals surface area contributed by atoms with E-state index >= 15 is 0 Å². The quantitative estimate of drug-likeness (QED) is 0.851. The van der Waals surface area contributed by atoms with E-state index in [1.165, 1.54) is 21.3 Å². The van der Waals surface area contributed by atoms with Crippen LogP contribution in [0.25, 0.3) is 0 Å². The highest BCUT2D eigenvalue weighted by Crippen LogP contribution is 2.38. The number of ether oxygens (including phenoxy) is 3. The lowest BCUT2D eigenvalue weighted by Gasteiger charge is -2.26. The molecule has 1 aromatic rings. The van der Waals surface area contributed by atoms with Crippen molar-refractivity contribution in [2.24, 2.45) is 0 Å². The van der Waals surface area contributed by atoms with Crippen molar-refractivity contribution in [3.05, 3.63) is 17.7 Å². The molecule has 0 aliphatic carbocycles. The summed E-state index contributed by atoms with van der Waals surface area (Å²) in [6.45, 7) is 1.51. The molecule has 132 valence electrons. The average molecular weight is 336 g/mol. The summed E-state index contributed by atoms with van der Waals surface area (Å²) in [5.74, 6) is 0.782. The van der Waals surface area contributed by atoms with E-state index in [-0.39, 0.29) is 18.4 Å². The number of amides is 2. The third-order valence-electron chi connectivity index (χ3n) is 4.04. The van der Waals surface area contributed by atoms with Crippen molar-refractivity contribution in [3.63, 3.8) is 0 Å². The lowest BCUT2D eigenvalue weighted by atomic mass is 10.1. The number of rotatable bonds is 6. The van der Waals surface area contributed by atoms with Crippen LogP contribution < -0.4 is 19.5 Å². The van der Waals surface area contributed by atoms with Gasteiger partial charge in [0.2, 0.25) is 11.7 Å². The molecular formula is C17H24N2O5. The monoisotopic (exact) mass is 336 g/mol. The van der Waals surface area contributed by atoms with Crippen molar-refractivity contribution < 1.29 is 23.8 Å². The second kappa shape index (κ2) is 8.42. The molecule has 2 amide bonds. The number of hydrogen-bond acceptors (Lipinski definition) is 5. The third kappa shape index (κ3) is 4.10. The Kier molecular flexibility index (Phi) is 6.28. The Morgan fingerprint density at radius 3 is 2.08 bits per heavy atom. The van der Waals surface area contributed by atoms with Gasteiger partial charge < -0.3 is 24.4 Å². The first-order chi connectivity index (χ1) is 11.6. The molecule has 1 aliphatic heterocycles. The molecule has 7 nitrogen and oxygen atoms in total. The molecule has 1 heterocycles. The number of carbonyl (C=O) groups is 2. The van der Waals surface area contributed by atoms with Crippen molar-refractivity contribution in [1.82, 2.24) is 10.2 Å². The second-order valence-corrected chi connectivity index (χ2v) is 5.54. The van der Waals surface area contributed by atoms with E-state index in [1.807, 2.05) is 0 Å². The van der Waals surface area contributed by atoms with Crippen LogP contribution in [0.15, 0.2) is 12.1 Å². The van der Waals surface area contributed by atoms with Gasteiger partial charge in [-0.15, -0.1) is 0 Å². The summed E-state index contributed by atoms with van der Waals surface area (Å²) in [5.41, 5.74) is 0.343. The summed E-state index contributed by atoms with van der Waals surface area (Å²) in [6.07, 6.45) is 3.20. The van der Waals surface area contributed by atoms with Gasteiger partial charge in [-0.3, -0.25) is 9.59 Å².